The van der Waals surface area contributed by atoms with Gasteiger partial charge in [0.25, 0.3) is 0 Å². The molecule has 0 unspecified atom stereocenters. The van der Waals surface area contributed by atoms with Gasteiger partial charge in [-0.2, -0.15) is 10.2 Å². The fraction of sp³-hybridized carbons (Fsp3) is 0.182. The Morgan fingerprint density at radius 3 is 2.85 bits per heavy atom. The molecule has 0 radical (unpaired) electrons. The van der Waals surface area contributed by atoms with Crippen molar-refractivity contribution in [2.24, 2.45) is 0 Å². The summed E-state index contributed by atoms with van der Waals surface area (Å²) in [6.07, 6.45) is 0. The summed E-state index contributed by atoms with van der Waals surface area (Å²) < 4.78 is 31.3. The van der Waals surface area contributed by atoms with E-state index in [1.165, 1.54) is 18.2 Å². The number of hydrogen-bond donors (Lipinski definition) is 2. The van der Waals surface area contributed by atoms with E-state index in [2.05, 4.69) is 14.9 Å². The quantitative estimate of drug-likeness (QED) is 0.774. The maximum Gasteiger partial charge on any atom is 0.242 e. The van der Waals surface area contributed by atoms with E-state index in [-0.39, 0.29) is 22.9 Å². The van der Waals surface area contributed by atoms with Gasteiger partial charge in [-0.05, 0) is 25.1 Å². The van der Waals surface area contributed by atoms with Crippen LogP contribution in [0.3, 0.4) is 0 Å². The zero-order chi connectivity index (χ0) is 14.8. The SMILES string of the molecule is Cc1noc(CNS(=O)(=O)c2ccc(N)cc2C#N)n1. The number of nitrogens with two attached hydrogens (primary N) is 1. The van der Waals surface area contributed by atoms with E-state index < -0.39 is 10.0 Å². The molecule has 2 rings (SSSR count). The lowest BCUT2D eigenvalue weighted by atomic mass is 10.2. The first-order chi connectivity index (χ1) is 9.42. The highest BCUT2D eigenvalue weighted by Gasteiger charge is 2.19. The number of nitrogens with zero attached hydrogens (tertiary/aromatic N) is 3. The summed E-state index contributed by atoms with van der Waals surface area (Å²) in [5.74, 6) is 0.546. The number of aromatic nitrogens is 2. The standard InChI is InChI=1S/C11H11N5O3S/c1-7-15-11(19-16-7)6-14-20(17,18)10-3-2-9(13)4-8(10)5-12/h2-4,14H,6,13H2,1H3. The minimum absolute atomic E-state index is 0.0285. The predicted molar refractivity (Wildman–Crippen MR) is 68.6 cm³/mol. The second-order valence-corrected chi connectivity index (χ2v) is 5.66. The van der Waals surface area contributed by atoms with Gasteiger partial charge in [-0.3, -0.25) is 0 Å². The van der Waals surface area contributed by atoms with Crippen LogP contribution in [0.15, 0.2) is 27.6 Å². The van der Waals surface area contributed by atoms with E-state index in [1.807, 2.05) is 0 Å². The maximum absolute atomic E-state index is 12.1. The molecule has 0 saturated heterocycles. The molecule has 2 aromatic rings. The van der Waals surface area contributed by atoms with Crippen LogP contribution < -0.4 is 10.5 Å². The van der Waals surface area contributed by atoms with E-state index >= 15 is 0 Å². The minimum atomic E-state index is -3.86. The van der Waals surface area contributed by atoms with Crippen LogP contribution in [0, 0.1) is 18.3 Å². The lowest BCUT2D eigenvalue weighted by Crippen LogP contribution is -2.24. The Morgan fingerprint density at radius 2 is 2.25 bits per heavy atom. The third kappa shape index (κ3) is 2.93. The Hall–Kier alpha value is -2.44. The van der Waals surface area contributed by atoms with Crippen molar-refractivity contribution in [3.05, 3.63) is 35.5 Å². The van der Waals surface area contributed by atoms with Crippen LogP contribution in [0.5, 0.6) is 0 Å². The zero-order valence-electron chi connectivity index (χ0n) is 10.5. The van der Waals surface area contributed by atoms with Crippen molar-refractivity contribution in [3.8, 4) is 6.07 Å². The van der Waals surface area contributed by atoms with Gasteiger partial charge in [0.1, 0.15) is 6.07 Å². The van der Waals surface area contributed by atoms with Crippen LogP contribution in [0.4, 0.5) is 5.69 Å². The molecule has 0 atom stereocenters. The molecule has 8 nitrogen and oxygen atoms in total. The van der Waals surface area contributed by atoms with Gasteiger partial charge >= 0.3 is 0 Å². The molecule has 0 aliphatic carbocycles. The van der Waals surface area contributed by atoms with E-state index in [1.54, 1.807) is 13.0 Å². The fourth-order valence-electron chi connectivity index (χ4n) is 1.52. The minimum Gasteiger partial charge on any atom is -0.399 e. The zero-order valence-corrected chi connectivity index (χ0v) is 11.3. The van der Waals surface area contributed by atoms with E-state index in [0.717, 1.165) is 0 Å². The van der Waals surface area contributed by atoms with E-state index in [4.69, 9.17) is 15.5 Å². The monoisotopic (exact) mass is 293 g/mol. The molecule has 0 spiro atoms. The molecule has 0 fully saturated rings. The summed E-state index contributed by atoms with van der Waals surface area (Å²) in [7, 11) is -3.86. The summed E-state index contributed by atoms with van der Waals surface area (Å²) in [5.41, 5.74) is 5.80. The first-order valence-electron chi connectivity index (χ1n) is 5.51. The molecule has 20 heavy (non-hydrogen) atoms. The van der Waals surface area contributed by atoms with Gasteiger partial charge in [-0.15, -0.1) is 0 Å². The summed E-state index contributed by atoms with van der Waals surface area (Å²) in [4.78, 5) is 3.73. The van der Waals surface area contributed by atoms with Crippen molar-refractivity contribution >= 4 is 15.7 Å². The van der Waals surface area contributed by atoms with Gasteiger partial charge in [-0.1, -0.05) is 5.16 Å². The molecule has 0 bridgehead atoms. The van der Waals surface area contributed by atoms with Gasteiger partial charge in [0.15, 0.2) is 5.82 Å². The highest BCUT2D eigenvalue weighted by molar-refractivity contribution is 7.89. The number of rotatable bonds is 4. The molecule has 104 valence electrons. The van der Waals surface area contributed by atoms with Crippen LogP contribution in [-0.4, -0.2) is 18.6 Å². The fourth-order valence-corrected chi connectivity index (χ4v) is 2.63. The van der Waals surface area contributed by atoms with Crippen LogP contribution in [-0.2, 0) is 16.6 Å². The van der Waals surface area contributed by atoms with Crippen molar-refractivity contribution in [2.45, 2.75) is 18.4 Å². The summed E-state index contributed by atoms with van der Waals surface area (Å²) >= 11 is 0. The Labute approximate surface area is 115 Å². The largest absolute Gasteiger partial charge is 0.399 e. The number of anilines is 1. The van der Waals surface area contributed by atoms with Gasteiger partial charge in [0.05, 0.1) is 17.0 Å². The number of hydrogen-bond acceptors (Lipinski definition) is 7. The molecule has 1 aromatic carbocycles. The summed E-state index contributed by atoms with van der Waals surface area (Å²) in [5, 5.41) is 12.5. The van der Waals surface area contributed by atoms with Crippen molar-refractivity contribution in [1.82, 2.24) is 14.9 Å². The Bertz CT molecular complexity index is 776. The maximum atomic E-state index is 12.1. The predicted octanol–water partition coefficient (Wildman–Crippen LogP) is 0.310. The number of aryl methyl sites for hydroxylation is 1. The second-order valence-electron chi connectivity index (χ2n) is 3.93. The number of nitrogen functional groups attached to an aromatic ring is 1. The Kier molecular flexibility index (Phi) is 3.69. The molecule has 0 saturated carbocycles. The molecule has 3 N–H and O–H groups in total. The average Bonchev–Trinajstić information content (AvgIpc) is 2.82. The highest BCUT2D eigenvalue weighted by Crippen LogP contribution is 2.18. The number of benzene rings is 1. The smallest absolute Gasteiger partial charge is 0.242 e. The number of sulfonamides is 1. The molecular formula is C11H11N5O3S. The normalized spacial score (nSPS) is 11.2. The third-order valence-electron chi connectivity index (χ3n) is 2.40. The van der Waals surface area contributed by atoms with Gasteiger partial charge in [0, 0.05) is 5.69 Å². The molecule has 1 aromatic heterocycles. The Morgan fingerprint density at radius 1 is 1.50 bits per heavy atom. The van der Waals surface area contributed by atoms with Crippen LogP contribution >= 0.6 is 0 Å². The highest BCUT2D eigenvalue weighted by atomic mass is 32.2. The van der Waals surface area contributed by atoms with Crippen LogP contribution in [0.25, 0.3) is 0 Å². The number of nitriles is 1. The lowest BCUT2D eigenvalue weighted by Gasteiger charge is -2.07. The summed E-state index contributed by atoms with van der Waals surface area (Å²) in [6, 6.07) is 5.77. The van der Waals surface area contributed by atoms with Crippen LogP contribution in [0.1, 0.15) is 17.3 Å². The van der Waals surface area contributed by atoms with Gasteiger partial charge < -0.3 is 10.3 Å². The van der Waals surface area contributed by atoms with Gasteiger partial charge in [0.2, 0.25) is 15.9 Å². The first-order valence-corrected chi connectivity index (χ1v) is 6.99. The van der Waals surface area contributed by atoms with Crippen molar-refractivity contribution < 1.29 is 12.9 Å². The van der Waals surface area contributed by atoms with Crippen molar-refractivity contribution in [3.63, 3.8) is 0 Å². The third-order valence-corrected chi connectivity index (χ3v) is 3.86. The molecule has 0 amide bonds. The van der Waals surface area contributed by atoms with Crippen molar-refractivity contribution in [1.29, 1.82) is 5.26 Å². The topological polar surface area (TPSA) is 135 Å². The van der Waals surface area contributed by atoms with E-state index in [0.29, 0.717) is 11.5 Å². The molecule has 0 aliphatic rings. The summed E-state index contributed by atoms with van der Waals surface area (Å²) in [6.45, 7) is 1.47. The van der Waals surface area contributed by atoms with Crippen molar-refractivity contribution in [2.75, 3.05) is 5.73 Å². The van der Waals surface area contributed by atoms with Gasteiger partial charge in [-0.25, -0.2) is 13.1 Å². The Balaban J connectivity index is 2.25. The van der Waals surface area contributed by atoms with E-state index in [9.17, 15) is 8.42 Å². The lowest BCUT2D eigenvalue weighted by molar-refractivity contribution is 0.372. The number of nitrogens with one attached hydrogen (secondary N) is 1. The molecular weight excluding hydrogens is 282 g/mol. The molecule has 0 aliphatic heterocycles. The second kappa shape index (κ2) is 5.28. The average molecular weight is 293 g/mol. The molecule has 9 heteroatoms. The molecule has 1 heterocycles. The first kappa shape index (κ1) is 14.0. The van der Waals surface area contributed by atoms with Crippen LogP contribution in [0.2, 0.25) is 0 Å².